The minimum atomic E-state index is -4.54. The van der Waals surface area contributed by atoms with Crippen molar-refractivity contribution in [1.82, 2.24) is 9.78 Å². The van der Waals surface area contributed by atoms with Crippen molar-refractivity contribution in [3.63, 3.8) is 0 Å². The smallest absolute Gasteiger partial charge is 0.411 e. The molecule has 1 heterocycles. The molecular formula is C10H13F3N2O2. The summed E-state index contributed by atoms with van der Waals surface area (Å²) in [6.45, 7) is 3.22. The minimum Gasteiger partial charge on any atom is -0.466 e. The lowest BCUT2D eigenvalue weighted by Gasteiger charge is -2.19. The van der Waals surface area contributed by atoms with Crippen molar-refractivity contribution in [3.8, 4) is 0 Å². The Morgan fingerprint density at radius 1 is 1.59 bits per heavy atom. The van der Waals surface area contributed by atoms with Gasteiger partial charge in [0.1, 0.15) is 0 Å². The Bertz CT molecular complexity index is 387. The summed E-state index contributed by atoms with van der Waals surface area (Å²) in [7, 11) is 0. The Hall–Kier alpha value is -1.53. The van der Waals surface area contributed by atoms with Crippen molar-refractivity contribution < 1.29 is 22.7 Å². The number of rotatable bonds is 4. The molecule has 96 valence electrons. The first-order valence-electron chi connectivity index (χ1n) is 5.07. The molecule has 0 N–H and O–H groups in total. The van der Waals surface area contributed by atoms with Crippen LogP contribution in [0.4, 0.5) is 13.2 Å². The van der Waals surface area contributed by atoms with Gasteiger partial charge < -0.3 is 4.74 Å². The average Bonchev–Trinajstić information content (AvgIpc) is 2.59. The predicted molar refractivity (Wildman–Crippen MR) is 53.3 cm³/mol. The summed E-state index contributed by atoms with van der Waals surface area (Å²) in [6.07, 6.45) is -2.75. The molecule has 0 aliphatic rings. The molecule has 1 aromatic rings. The van der Waals surface area contributed by atoms with Gasteiger partial charge >= 0.3 is 12.1 Å². The fourth-order valence-corrected chi connectivity index (χ4v) is 1.34. The lowest BCUT2D eigenvalue weighted by Crippen LogP contribution is -2.29. The molecule has 1 rings (SSSR count). The first kappa shape index (κ1) is 13.5. The SMILES string of the molecule is CCOC(=O)CC(n1cc(C)cn1)C(F)(F)F. The highest BCUT2D eigenvalue weighted by Gasteiger charge is 2.43. The van der Waals surface area contributed by atoms with Crippen LogP contribution in [0.25, 0.3) is 0 Å². The van der Waals surface area contributed by atoms with E-state index in [1.807, 2.05) is 0 Å². The zero-order chi connectivity index (χ0) is 13.1. The van der Waals surface area contributed by atoms with Crippen molar-refractivity contribution >= 4 is 5.97 Å². The Balaban J connectivity index is 2.86. The molecule has 0 saturated heterocycles. The molecule has 4 nitrogen and oxygen atoms in total. The number of carbonyl (C=O) groups is 1. The molecule has 0 aliphatic carbocycles. The second-order valence-corrected chi connectivity index (χ2v) is 3.56. The summed E-state index contributed by atoms with van der Waals surface area (Å²) in [5, 5.41) is 3.58. The van der Waals surface area contributed by atoms with Crippen LogP contribution in [0.5, 0.6) is 0 Å². The molecule has 0 fully saturated rings. The largest absolute Gasteiger partial charge is 0.466 e. The molecule has 17 heavy (non-hydrogen) atoms. The van der Waals surface area contributed by atoms with Crippen molar-refractivity contribution in [2.24, 2.45) is 0 Å². The van der Waals surface area contributed by atoms with Crippen LogP contribution in [-0.4, -0.2) is 28.5 Å². The molecule has 0 amide bonds. The Kier molecular flexibility index (Phi) is 4.14. The van der Waals surface area contributed by atoms with Crippen LogP contribution in [0.15, 0.2) is 12.4 Å². The van der Waals surface area contributed by atoms with E-state index in [1.54, 1.807) is 13.8 Å². The fraction of sp³-hybridized carbons (Fsp3) is 0.600. The van der Waals surface area contributed by atoms with Gasteiger partial charge in [0.15, 0.2) is 6.04 Å². The number of halogens is 3. The summed E-state index contributed by atoms with van der Waals surface area (Å²) in [5.74, 6) is -0.886. The van der Waals surface area contributed by atoms with Gasteiger partial charge in [-0.1, -0.05) is 0 Å². The predicted octanol–water partition coefficient (Wildman–Crippen LogP) is 2.25. The Morgan fingerprint density at radius 2 is 2.24 bits per heavy atom. The molecule has 0 aliphatic heterocycles. The van der Waals surface area contributed by atoms with Crippen molar-refractivity contribution in [2.75, 3.05) is 6.61 Å². The summed E-state index contributed by atoms with van der Waals surface area (Å²) >= 11 is 0. The number of esters is 1. The number of carbonyl (C=O) groups excluding carboxylic acids is 1. The topological polar surface area (TPSA) is 44.1 Å². The van der Waals surface area contributed by atoms with Crippen LogP contribution >= 0.6 is 0 Å². The van der Waals surface area contributed by atoms with Crippen LogP contribution < -0.4 is 0 Å². The molecule has 0 aromatic carbocycles. The van der Waals surface area contributed by atoms with Crippen molar-refractivity contribution in [1.29, 1.82) is 0 Å². The average molecular weight is 250 g/mol. The summed E-state index contributed by atoms with van der Waals surface area (Å²) < 4.78 is 43.5. The quantitative estimate of drug-likeness (QED) is 0.770. The van der Waals surface area contributed by atoms with Crippen LogP contribution in [0.1, 0.15) is 24.9 Å². The van der Waals surface area contributed by atoms with Gasteiger partial charge in [-0.05, 0) is 19.4 Å². The maximum absolute atomic E-state index is 12.7. The van der Waals surface area contributed by atoms with Gasteiger partial charge in [0.2, 0.25) is 0 Å². The number of ether oxygens (including phenoxy) is 1. The normalized spacial score (nSPS) is 13.5. The first-order chi connectivity index (χ1) is 7.84. The summed E-state index contributed by atoms with van der Waals surface area (Å²) in [6, 6.07) is -1.98. The van der Waals surface area contributed by atoms with E-state index in [1.165, 1.54) is 12.4 Å². The van der Waals surface area contributed by atoms with Crippen LogP contribution in [0, 0.1) is 6.92 Å². The van der Waals surface area contributed by atoms with E-state index in [0.29, 0.717) is 5.56 Å². The van der Waals surface area contributed by atoms with Gasteiger partial charge in [-0.2, -0.15) is 18.3 Å². The molecule has 0 spiro atoms. The molecular weight excluding hydrogens is 237 g/mol. The lowest BCUT2D eigenvalue weighted by molar-refractivity contribution is -0.180. The van der Waals surface area contributed by atoms with Crippen molar-refractivity contribution in [3.05, 3.63) is 18.0 Å². The standard InChI is InChI=1S/C10H13F3N2O2/c1-3-17-9(16)4-8(10(11,12)13)15-6-7(2)5-14-15/h5-6,8H,3-4H2,1-2H3. The maximum Gasteiger partial charge on any atom is 0.411 e. The molecule has 1 aromatic heterocycles. The molecule has 0 saturated carbocycles. The highest BCUT2D eigenvalue weighted by atomic mass is 19.4. The molecule has 7 heteroatoms. The van der Waals surface area contributed by atoms with E-state index in [2.05, 4.69) is 9.84 Å². The number of alkyl halides is 3. The van der Waals surface area contributed by atoms with Gasteiger partial charge in [0.25, 0.3) is 0 Å². The summed E-state index contributed by atoms with van der Waals surface area (Å²) in [5.41, 5.74) is 0.600. The Labute approximate surface area is 96.4 Å². The number of aromatic nitrogens is 2. The zero-order valence-corrected chi connectivity index (χ0v) is 9.49. The van der Waals surface area contributed by atoms with E-state index in [4.69, 9.17) is 0 Å². The highest BCUT2D eigenvalue weighted by molar-refractivity contribution is 5.70. The third-order valence-electron chi connectivity index (χ3n) is 2.09. The highest BCUT2D eigenvalue weighted by Crippen LogP contribution is 2.33. The second kappa shape index (κ2) is 5.20. The number of nitrogens with zero attached hydrogens (tertiary/aromatic N) is 2. The van der Waals surface area contributed by atoms with Gasteiger partial charge in [-0.3, -0.25) is 9.48 Å². The van der Waals surface area contributed by atoms with E-state index >= 15 is 0 Å². The molecule has 1 atom stereocenters. The minimum absolute atomic E-state index is 0.0571. The number of hydrogen-bond acceptors (Lipinski definition) is 3. The van der Waals surface area contributed by atoms with Gasteiger partial charge in [0.05, 0.1) is 19.2 Å². The lowest BCUT2D eigenvalue weighted by atomic mass is 10.2. The van der Waals surface area contributed by atoms with Crippen LogP contribution in [0.3, 0.4) is 0 Å². The molecule has 0 bridgehead atoms. The maximum atomic E-state index is 12.7. The summed E-state index contributed by atoms with van der Waals surface area (Å²) in [4.78, 5) is 11.1. The van der Waals surface area contributed by atoms with Crippen LogP contribution in [0.2, 0.25) is 0 Å². The van der Waals surface area contributed by atoms with E-state index < -0.39 is 24.6 Å². The zero-order valence-electron chi connectivity index (χ0n) is 9.49. The van der Waals surface area contributed by atoms with Gasteiger partial charge in [0, 0.05) is 6.20 Å². The number of aryl methyl sites for hydroxylation is 1. The number of hydrogen-bond donors (Lipinski definition) is 0. The van der Waals surface area contributed by atoms with Crippen molar-refractivity contribution in [2.45, 2.75) is 32.5 Å². The van der Waals surface area contributed by atoms with E-state index in [-0.39, 0.29) is 6.61 Å². The molecule has 1 unspecified atom stereocenters. The third kappa shape index (κ3) is 3.76. The third-order valence-corrected chi connectivity index (χ3v) is 2.09. The Morgan fingerprint density at radius 3 is 2.65 bits per heavy atom. The van der Waals surface area contributed by atoms with E-state index in [0.717, 1.165) is 4.68 Å². The first-order valence-corrected chi connectivity index (χ1v) is 5.07. The van der Waals surface area contributed by atoms with Gasteiger partial charge in [-0.15, -0.1) is 0 Å². The fourth-order valence-electron chi connectivity index (χ4n) is 1.34. The van der Waals surface area contributed by atoms with Gasteiger partial charge in [-0.25, -0.2) is 0 Å². The molecule has 0 radical (unpaired) electrons. The monoisotopic (exact) mass is 250 g/mol. The van der Waals surface area contributed by atoms with E-state index in [9.17, 15) is 18.0 Å². The van der Waals surface area contributed by atoms with Crippen LogP contribution in [-0.2, 0) is 9.53 Å². The second-order valence-electron chi connectivity index (χ2n) is 3.56.